The molecule has 0 aromatic heterocycles. The predicted molar refractivity (Wildman–Crippen MR) is 99.2 cm³/mol. The van der Waals surface area contributed by atoms with E-state index in [1.807, 2.05) is 13.0 Å². The van der Waals surface area contributed by atoms with Crippen molar-refractivity contribution in [1.29, 1.82) is 0 Å². The number of hydrogen-bond acceptors (Lipinski definition) is 3. The molecule has 0 bridgehead atoms. The van der Waals surface area contributed by atoms with Gasteiger partial charge in [-0.15, -0.1) is 0 Å². The Morgan fingerprint density at radius 2 is 1.84 bits per heavy atom. The van der Waals surface area contributed by atoms with Crippen LogP contribution in [-0.4, -0.2) is 10.8 Å². The summed E-state index contributed by atoms with van der Waals surface area (Å²) in [5.74, 6) is -0.191. The Labute approximate surface area is 147 Å². The number of aryl methyl sites for hydroxylation is 2. The fourth-order valence-electron chi connectivity index (χ4n) is 2.50. The SMILES string of the molecule is CCC(NC(=O)/C=C/c1ccc([N+](=O)[O-])cc1)c1ccc(C)c(C)c1. The van der Waals surface area contributed by atoms with Crippen LogP contribution in [-0.2, 0) is 4.79 Å². The zero-order chi connectivity index (χ0) is 18.4. The fourth-order valence-corrected chi connectivity index (χ4v) is 2.50. The van der Waals surface area contributed by atoms with Crippen LogP contribution in [0.5, 0.6) is 0 Å². The molecule has 0 saturated carbocycles. The number of hydrogen-bond donors (Lipinski definition) is 1. The van der Waals surface area contributed by atoms with Crippen molar-refractivity contribution in [3.63, 3.8) is 0 Å². The maximum absolute atomic E-state index is 12.2. The quantitative estimate of drug-likeness (QED) is 0.479. The summed E-state index contributed by atoms with van der Waals surface area (Å²) < 4.78 is 0. The molecule has 0 spiro atoms. The molecule has 2 rings (SSSR count). The van der Waals surface area contributed by atoms with Gasteiger partial charge in [-0.1, -0.05) is 25.1 Å². The molecule has 0 aliphatic rings. The van der Waals surface area contributed by atoms with Crippen LogP contribution in [0.2, 0.25) is 0 Å². The predicted octanol–water partition coefficient (Wildman–Crippen LogP) is 4.49. The second-order valence-corrected chi connectivity index (χ2v) is 6.00. The molecule has 5 heteroatoms. The number of amides is 1. The van der Waals surface area contributed by atoms with Gasteiger partial charge >= 0.3 is 0 Å². The minimum absolute atomic E-state index is 0.0300. The highest BCUT2D eigenvalue weighted by Gasteiger charge is 2.12. The summed E-state index contributed by atoms with van der Waals surface area (Å²) in [5, 5.41) is 13.6. The van der Waals surface area contributed by atoms with Gasteiger partial charge < -0.3 is 5.32 Å². The fraction of sp³-hybridized carbons (Fsp3) is 0.250. The normalized spacial score (nSPS) is 12.1. The smallest absolute Gasteiger partial charge is 0.269 e. The molecule has 1 unspecified atom stereocenters. The van der Waals surface area contributed by atoms with E-state index in [9.17, 15) is 14.9 Å². The van der Waals surface area contributed by atoms with Crippen molar-refractivity contribution in [2.75, 3.05) is 0 Å². The molecule has 1 amide bonds. The third kappa shape index (κ3) is 5.01. The molecule has 5 nitrogen and oxygen atoms in total. The van der Waals surface area contributed by atoms with E-state index >= 15 is 0 Å². The van der Waals surface area contributed by atoms with Gasteiger partial charge in [-0.3, -0.25) is 14.9 Å². The highest BCUT2D eigenvalue weighted by atomic mass is 16.6. The maximum atomic E-state index is 12.2. The van der Waals surface area contributed by atoms with Crippen molar-refractivity contribution in [3.8, 4) is 0 Å². The molecule has 0 saturated heterocycles. The van der Waals surface area contributed by atoms with Gasteiger partial charge in [-0.25, -0.2) is 0 Å². The molecule has 25 heavy (non-hydrogen) atoms. The molecule has 1 N–H and O–H groups in total. The van der Waals surface area contributed by atoms with E-state index in [2.05, 4.69) is 31.3 Å². The third-order valence-electron chi connectivity index (χ3n) is 4.19. The van der Waals surface area contributed by atoms with Gasteiger partial charge in [-0.05, 0) is 60.7 Å². The number of nitro groups is 1. The number of nitrogens with one attached hydrogen (secondary N) is 1. The van der Waals surface area contributed by atoms with Crippen LogP contribution < -0.4 is 5.32 Å². The minimum Gasteiger partial charge on any atom is -0.346 e. The van der Waals surface area contributed by atoms with Crippen LogP contribution in [0.15, 0.2) is 48.5 Å². The van der Waals surface area contributed by atoms with E-state index in [4.69, 9.17) is 0 Å². The summed E-state index contributed by atoms with van der Waals surface area (Å²) >= 11 is 0. The molecule has 0 heterocycles. The monoisotopic (exact) mass is 338 g/mol. The van der Waals surface area contributed by atoms with Gasteiger partial charge in [0.25, 0.3) is 5.69 Å². The summed E-state index contributed by atoms with van der Waals surface area (Å²) in [4.78, 5) is 22.4. The van der Waals surface area contributed by atoms with Crippen LogP contribution in [0.25, 0.3) is 6.08 Å². The van der Waals surface area contributed by atoms with Crippen LogP contribution in [0.3, 0.4) is 0 Å². The standard InChI is InChI=1S/C20H22N2O3/c1-4-19(17-9-5-14(2)15(3)13-17)21-20(23)12-8-16-6-10-18(11-7-16)22(24)25/h5-13,19H,4H2,1-3H3,(H,21,23)/b12-8+. The van der Waals surface area contributed by atoms with Crippen molar-refractivity contribution in [1.82, 2.24) is 5.32 Å². The molecule has 0 aliphatic heterocycles. The number of benzene rings is 2. The van der Waals surface area contributed by atoms with Gasteiger partial charge in [0.2, 0.25) is 5.91 Å². The van der Waals surface area contributed by atoms with Crippen molar-refractivity contribution < 1.29 is 9.72 Å². The largest absolute Gasteiger partial charge is 0.346 e. The topological polar surface area (TPSA) is 72.2 Å². The van der Waals surface area contributed by atoms with Crippen molar-refractivity contribution in [2.24, 2.45) is 0 Å². The van der Waals surface area contributed by atoms with E-state index in [1.165, 1.54) is 29.3 Å². The van der Waals surface area contributed by atoms with Crippen LogP contribution >= 0.6 is 0 Å². The first-order valence-electron chi connectivity index (χ1n) is 8.21. The van der Waals surface area contributed by atoms with Gasteiger partial charge in [0.15, 0.2) is 0 Å². The van der Waals surface area contributed by atoms with Gasteiger partial charge in [0, 0.05) is 18.2 Å². The highest BCUT2D eigenvalue weighted by molar-refractivity contribution is 5.92. The molecule has 130 valence electrons. The van der Waals surface area contributed by atoms with Gasteiger partial charge in [0.1, 0.15) is 0 Å². The Balaban J connectivity index is 2.04. The Kier molecular flexibility index (Phi) is 6.06. The van der Waals surface area contributed by atoms with Crippen LogP contribution in [0.1, 0.15) is 41.6 Å². The molecule has 0 fully saturated rings. The first-order chi connectivity index (χ1) is 11.9. The lowest BCUT2D eigenvalue weighted by Crippen LogP contribution is -2.26. The lowest BCUT2D eigenvalue weighted by Gasteiger charge is -2.17. The van der Waals surface area contributed by atoms with Crippen molar-refractivity contribution in [3.05, 3.63) is 80.9 Å². The molecule has 2 aromatic rings. The summed E-state index contributed by atoms with van der Waals surface area (Å²) in [7, 11) is 0. The van der Waals surface area contributed by atoms with Crippen molar-refractivity contribution in [2.45, 2.75) is 33.2 Å². The van der Waals surface area contributed by atoms with Gasteiger partial charge in [0.05, 0.1) is 11.0 Å². The third-order valence-corrected chi connectivity index (χ3v) is 4.19. The Morgan fingerprint density at radius 3 is 2.40 bits per heavy atom. The Morgan fingerprint density at radius 1 is 1.16 bits per heavy atom. The zero-order valence-electron chi connectivity index (χ0n) is 14.7. The first kappa shape index (κ1) is 18.4. The zero-order valence-corrected chi connectivity index (χ0v) is 14.7. The van der Waals surface area contributed by atoms with Crippen molar-refractivity contribution >= 4 is 17.7 Å². The molecular formula is C20H22N2O3. The second kappa shape index (κ2) is 8.24. The van der Waals surface area contributed by atoms with E-state index in [-0.39, 0.29) is 17.6 Å². The van der Waals surface area contributed by atoms with E-state index < -0.39 is 4.92 Å². The minimum atomic E-state index is -0.449. The Bertz CT molecular complexity index is 795. The second-order valence-electron chi connectivity index (χ2n) is 6.00. The summed E-state index contributed by atoms with van der Waals surface area (Å²) in [5.41, 5.74) is 4.28. The summed E-state index contributed by atoms with van der Waals surface area (Å²) in [6, 6.07) is 12.2. The number of carbonyl (C=O) groups excluding carboxylic acids is 1. The van der Waals surface area contributed by atoms with E-state index in [1.54, 1.807) is 18.2 Å². The van der Waals surface area contributed by atoms with E-state index in [0.29, 0.717) is 0 Å². The number of non-ortho nitro benzene ring substituents is 1. The first-order valence-corrected chi connectivity index (χ1v) is 8.21. The van der Waals surface area contributed by atoms with Gasteiger partial charge in [-0.2, -0.15) is 0 Å². The highest BCUT2D eigenvalue weighted by Crippen LogP contribution is 2.20. The number of nitrogens with zero attached hydrogens (tertiary/aromatic N) is 1. The lowest BCUT2D eigenvalue weighted by molar-refractivity contribution is -0.384. The van der Waals surface area contributed by atoms with E-state index in [0.717, 1.165) is 17.5 Å². The molecular weight excluding hydrogens is 316 g/mol. The summed E-state index contributed by atoms with van der Waals surface area (Å²) in [6.07, 6.45) is 3.89. The summed E-state index contributed by atoms with van der Waals surface area (Å²) in [6.45, 7) is 6.15. The molecule has 2 aromatic carbocycles. The van der Waals surface area contributed by atoms with Crippen LogP contribution in [0.4, 0.5) is 5.69 Å². The number of nitro benzene ring substituents is 1. The molecule has 1 atom stereocenters. The average Bonchev–Trinajstić information content (AvgIpc) is 2.60. The Hall–Kier alpha value is -2.95. The number of rotatable bonds is 6. The lowest BCUT2D eigenvalue weighted by atomic mass is 9.99. The van der Waals surface area contributed by atoms with Crippen LogP contribution in [0, 0.1) is 24.0 Å². The molecule has 0 radical (unpaired) electrons. The molecule has 0 aliphatic carbocycles. The maximum Gasteiger partial charge on any atom is 0.269 e. The number of carbonyl (C=O) groups is 1. The average molecular weight is 338 g/mol.